The second-order valence-corrected chi connectivity index (χ2v) is 7.95. The van der Waals surface area contributed by atoms with Crippen LogP contribution in [-0.2, 0) is 27.3 Å². The molecule has 1 amide bonds. The zero-order chi connectivity index (χ0) is 21.3. The summed E-state index contributed by atoms with van der Waals surface area (Å²) in [7, 11) is 1.76. The molecule has 2 aliphatic heterocycles. The molecule has 1 atom stereocenters. The summed E-state index contributed by atoms with van der Waals surface area (Å²) in [5.41, 5.74) is 2.62. The Morgan fingerprint density at radius 1 is 1.20 bits per heavy atom. The van der Waals surface area contributed by atoms with Crippen molar-refractivity contribution in [3.8, 4) is 0 Å². The number of guanidine groups is 1. The highest BCUT2D eigenvalue weighted by Crippen LogP contribution is 2.20. The minimum Gasteiger partial charge on any atom is -0.466 e. The van der Waals surface area contributed by atoms with Crippen LogP contribution in [-0.4, -0.2) is 67.5 Å². The highest BCUT2D eigenvalue weighted by Gasteiger charge is 2.28. The topological polar surface area (TPSA) is 74.2 Å². The van der Waals surface area contributed by atoms with Crippen LogP contribution < -0.4 is 5.32 Å². The van der Waals surface area contributed by atoms with Gasteiger partial charge in [0.1, 0.15) is 0 Å². The summed E-state index contributed by atoms with van der Waals surface area (Å²) in [5, 5.41) is 3.36. The van der Waals surface area contributed by atoms with E-state index in [9.17, 15) is 9.59 Å². The van der Waals surface area contributed by atoms with Gasteiger partial charge >= 0.3 is 5.97 Å². The molecule has 7 heteroatoms. The molecule has 2 heterocycles. The summed E-state index contributed by atoms with van der Waals surface area (Å²) in [5.74, 6) is 0.789. The van der Waals surface area contributed by atoms with Crippen molar-refractivity contribution in [2.24, 2.45) is 10.9 Å². The van der Waals surface area contributed by atoms with Gasteiger partial charge in [-0.15, -0.1) is 0 Å². The Morgan fingerprint density at radius 2 is 2.00 bits per heavy atom. The Kier molecular flexibility index (Phi) is 8.11. The van der Waals surface area contributed by atoms with Gasteiger partial charge in [0, 0.05) is 46.2 Å². The number of ether oxygens (including phenoxy) is 1. The summed E-state index contributed by atoms with van der Waals surface area (Å²) >= 11 is 0. The van der Waals surface area contributed by atoms with Gasteiger partial charge in [0.2, 0.25) is 5.91 Å². The molecular weight excluding hydrogens is 380 g/mol. The first-order chi connectivity index (χ1) is 14.6. The highest BCUT2D eigenvalue weighted by molar-refractivity contribution is 5.81. The normalized spacial score (nSPS) is 19.3. The number of esters is 1. The largest absolute Gasteiger partial charge is 0.466 e. The first-order valence-electron chi connectivity index (χ1n) is 11.1. The molecular formula is C23H34N4O3. The number of aliphatic imine (C=N–C) groups is 1. The lowest BCUT2D eigenvalue weighted by molar-refractivity contribution is -0.149. The van der Waals surface area contributed by atoms with Crippen LogP contribution in [0.25, 0.3) is 0 Å². The Labute approximate surface area is 179 Å². The molecule has 1 saturated heterocycles. The second kappa shape index (κ2) is 11.0. The number of amides is 1. The predicted octanol–water partition coefficient (Wildman–Crippen LogP) is 2.20. The van der Waals surface area contributed by atoms with E-state index in [4.69, 9.17) is 4.74 Å². The van der Waals surface area contributed by atoms with Crippen LogP contribution in [0.4, 0.5) is 0 Å². The average molecular weight is 415 g/mol. The Balaban J connectivity index is 1.41. The van der Waals surface area contributed by atoms with Crippen LogP contribution in [0.2, 0.25) is 0 Å². The van der Waals surface area contributed by atoms with Gasteiger partial charge in [-0.2, -0.15) is 0 Å². The van der Waals surface area contributed by atoms with E-state index in [0.717, 1.165) is 44.7 Å². The van der Waals surface area contributed by atoms with E-state index in [0.29, 0.717) is 32.7 Å². The number of hydrogen-bond acceptors (Lipinski definition) is 4. The van der Waals surface area contributed by atoms with Crippen LogP contribution in [0, 0.1) is 5.92 Å². The van der Waals surface area contributed by atoms with Crippen molar-refractivity contribution in [2.45, 2.75) is 45.6 Å². The van der Waals surface area contributed by atoms with Gasteiger partial charge in [0.15, 0.2) is 5.96 Å². The number of rotatable bonds is 6. The van der Waals surface area contributed by atoms with E-state index in [1.807, 2.05) is 17.9 Å². The molecule has 1 aromatic rings. The smallest absolute Gasteiger partial charge is 0.310 e. The van der Waals surface area contributed by atoms with Crippen molar-refractivity contribution >= 4 is 17.8 Å². The number of nitrogens with one attached hydrogen (secondary N) is 1. The van der Waals surface area contributed by atoms with Crippen molar-refractivity contribution in [1.82, 2.24) is 15.1 Å². The molecule has 0 radical (unpaired) electrons. The minimum absolute atomic E-state index is 0.0965. The third kappa shape index (κ3) is 5.74. The number of benzene rings is 1. The number of nitrogens with zero attached hydrogens (tertiary/aromatic N) is 3. The number of carbonyl (C=O) groups excluding carboxylic acids is 2. The maximum absolute atomic E-state index is 12.6. The summed E-state index contributed by atoms with van der Waals surface area (Å²) in [6.07, 6.45) is 4.02. The molecule has 1 aromatic carbocycles. The third-order valence-electron chi connectivity index (χ3n) is 5.89. The summed E-state index contributed by atoms with van der Waals surface area (Å²) in [4.78, 5) is 33.1. The number of likely N-dealkylation sites (tertiary alicyclic amines) is 1. The quantitative estimate of drug-likeness (QED) is 0.334. The van der Waals surface area contributed by atoms with Gasteiger partial charge in [-0.1, -0.05) is 24.3 Å². The summed E-state index contributed by atoms with van der Waals surface area (Å²) < 4.78 is 5.18. The van der Waals surface area contributed by atoms with Crippen LogP contribution in [0.1, 0.15) is 43.7 Å². The molecule has 1 fully saturated rings. The molecule has 0 bridgehead atoms. The molecule has 7 nitrogen and oxygen atoms in total. The van der Waals surface area contributed by atoms with E-state index in [1.54, 1.807) is 7.05 Å². The van der Waals surface area contributed by atoms with Crippen molar-refractivity contribution < 1.29 is 14.3 Å². The standard InChI is InChI=1S/C23H34N4O3/c1-3-30-22(29)20-10-7-14-27(17-20)23(24-2)25-13-6-11-21(28)26-15-12-18-8-4-5-9-19(18)16-26/h4-5,8-9,20H,3,6-7,10-17H2,1-2H3,(H,24,25). The lowest BCUT2D eigenvalue weighted by Gasteiger charge is -2.34. The second-order valence-electron chi connectivity index (χ2n) is 7.95. The van der Waals surface area contributed by atoms with Gasteiger partial charge in [-0.25, -0.2) is 0 Å². The molecule has 164 valence electrons. The average Bonchev–Trinajstić information content (AvgIpc) is 2.79. The van der Waals surface area contributed by atoms with Gasteiger partial charge in [-0.05, 0) is 43.7 Å². The van der Waals surface area contributed by atoms with Gasteiger partial charge in [0.05, 0.1) is 12.5 Å². The predicted molar refractivity (Wildman–Crippen MR) is 117 cm³/mol. The van der Waals surface area contributed by atoms with Crippen molar-refractivity contribution in [2.75, 3.05) is 39.8 Å². The fraction of sp³-hybridized carbons (Fsp3) is 0.609. The zero-order valence-corrected chi connectivity index (χ0v) is 18.2. The van der Waals surface area contributed by atoms with E-state index >= 15 is 0 Å². The van der Waals surface area contributed by atoms with E-state index < -0.39 is 0 Å². The Hall–Kier alpha value is -2.57. The lowest BCUT2D eigenvalue weighted by Crippen LogP contribution is -2.48. The zero-order valence-electron chi connectivity index (χ0n) is 18.2. The molecule has 1 unspecified atom stereocenters. The van der Waals surface area contributed by atoms with Crippen molar-refractivity contribution in [3.63, 3.8) is 0 Å². The van der Waals surface area contributed by atoms with Crippen LogP contribution >= 0.6 is 0 Å². The summed E-state index contributed by atoms with van der Waals surface area (Å²) in [6.45, 7) is 5.96. The molecule has 0 spiro atoms. The third-order valence-corrected chi connectivity index (χ3v) is 5.89. The van der Waals surface area contributed by atoms with E-state index in [1.165, 1.54) is 11.1 Å². The molecule has 2 aliphatic rings. The molecule has 0 aromatic heterocycles. The number of carbonyl (C=O) groups is 2. The van der Waals surface area contributed by atoms with Gasteiger partial charge in [-0.3, -0.25) is 14.6 Å². The van der Waals surface area contributed by atoms with Crippen LogP contribution in [0.15, 0.2) is 29.3 Å². The maximum Gasteiger partial charge on any atom is 0.310 e. The molecule has 0 saturated carbocycles. The van der Waals surface area contributed by atoms with E-state index in [-0.39, 0.29) is 17.8 Å². The monoisotopic (exact) mass is 414 g/mol. The van der Waals surface area contributed by atoms with Gasteiger partial charge in [0.25, 0.3) is 0 Å². The van der Waals surface area contributed by atoms with Crippen molar-refractivity contribution in [1.29, 1.82) is 0 Å². The first-order valence-corrected chi connectivity index (χ1v) is 11.1. The lowest BCUT2D eigenvalue weighted by atomic mass is 9.98. The minimum atomic E-state index is -0.119. The highest BCUT2D eigenvalue weighted by atomic mass is 16.5. The molecule has 1 N–H and O–H groups in total. The van der Waals surface area contributed by atoms with Gasteiger partial charge < -0.3 is 19.9 Å². The Morgan fingerprint density at radius 3 is 2.77 bits per heavy atom. The number of fused-ring (bicyclic) bond motifs is 1. The number of hydrogen-bond donors (Lipinski definition) is 1. The summed E-state index contributed by atoms with van der Waals surface area (Å²) in [6, 6.07) is 8.36. The van der Waals surface area contributed by atoms with Crippen LogP contribution in [0.5, 0.6) is 0 Å². The number of piperidine rings is 1. The first kappa shape index (κ1) is 22.1. The SMILES string of the molecule is CCOC(=O)C1CCCN(C(=NC)NCCCC(=O)N2CCc3ccccc3C2)C1. The molecule has 30 heavy (non-hydrogen) atoms. The maximum atomic E-state index is 12.6. The molecule has 0 aliphatic carbocycles. The van der Waals surface area contributed by atoms with Crippen LogP contribution in [0.3, 0.4) is 0 Å². The van der Waals surface area contributed by atoms with E-state index in [2.05, 4.69) is 33.4 Å². The fourth-order valence-electron chi connectivity index (χ4n) is 4.26. The fourth-order valence-corrected chi connectivity index (χ4v) is 4.26. The molecule has 3 rings (SSSR count). The Bertz CT molecular complexity index is 765. The van der Waals surface area contributed by atoms with Crippen molar-refractivity contribution in [3.05, 3.63) is 35.4 Å².